The molecule has 1 N–H and O–H groups in total. The van der Waals surface area contributed by atoms with Crippen LogP contribution in [0.2, 0.25) is 0 Å². The van der Waals surface area contributed by atoms with Gasteiger partial charge in [0.1, 0.15) is 0 Å². The zero-order valence-corrected chi connectivity index (χ0v) is 15.0. The van der Waals surface area contributed by atoms with Crippen molar-refractivity contribution < 1.29 is 9.47 Å². The summed E-state index contributed by atoms with van der Waals surface area (Å²) in [5.41, 5.74) is 0.000206. The second-order valence-electron chi connectivity index (χ2n) is 7.07. The monoisotopic (exact) mass is 299 g/mol. The largest absolute Gasteiger partial charge is 0.379 e. The Hall–Kier alpha value is -0.120. The summed E-state index contributed by atoms with van der Waals surface area (Å²) in [5.74, 6) is 0. The summed E-state index contributed by atoms with van der Waals surface area (Å²) in [4.78, 5) is 0. The molecular formula is C18H37NO2. The second-order valence-corrected chi connectivity index (χ2v) is 7.07. The fraction of sp³-hybridized carbons (Fsp3) is 1.00. The van der Waals surface area contributed by atoms with Gasteiger partial charge in [-0.3, -0.25) is 0 Å². The summed E-state index contributed by atoms with van der Waals surface area (Å²) in [5, 5.41) is 3.78. The molecule has 0 radical (unpaired) electrons. The average Bonchev–Trinajstić information content (AvgIpc) is 2.48. The van der Waals surface area contributed by atoms with Gasteiger partial charge in [0.15, 0.2) is 0 Å². The topological polar surface area (TPSA) is 30.5 Å². The summed E-state index contributed by atoms with van der Waals surface area (Å²) in [6, 6.07) is 0.451. The van der Waals surface area contributed by atoms with Crippen molar-refractivity contribution >= 4 is 0 Å². The summed E-state index contributed by atoms with van der Waals surface area (Å²) in [6.45, 7) is 10.6. The lowest BCUT2D eigenvalue weighted by Crippen LogP contribution is -2.54. The van der Waals surface area contributed by atoms with Crippen LogP contribution in [0.3, 0.4) is 0 Å². The van der Waals surface area contributed by atoms with E-state index in [1.54, 1.807) is 0 Å². The van der Waals surface area contributed by atoms with Crippen molar-refractivity contribution in [1.82, 2.24) is 5.32 Å². The third-order valence-corrected chi connectivity index (χ3v) is 5.00. The van der Waals surface area contributed by atoms with Crippen molar-refractivity contribution in [3.63, 3.8) is 0 Å². The quantitative estimate of drug-likeness (QED) is 0.652. The Morgan fingerprint density at radius 1 is 1.14 bits per heavy atom. The van der Waals surface area contributed by atoms with Crippen LogP contribution in [-0.4, -0.2) is 37.5 Å². The minimum absolute atomic E-state index is 0.0474. The molecule has 21 heavy (non-hydrogen) atoms. The molecule has 126 valence electrons. The number of ether oxygens (including phenoxy) is 2. The van der Waals surface area contributed by atoms with Crippen molar-refractivity contribution in [2.75, 3.05) is 20.3 Å². The highest BCUT2D eigenvalue weighted by Crippen LogP contribution is 2.37. The Kier molecular flexibility index (Phi) is 8.22. The zero-order valence-electron chi connectivity index (χ0n) is 15.0. The van der Waals surface area contributed by atoms with Crippen molar-refractivity contribution in [2.45, 2.75) is 96.3 Å². The first-order valence-corrected chi connectivity index (χ1v) is 8.92. The van der Waals surface area contributed by atoms with Crippen molar-refractivity contribution in [3.05, 3.63) is 0 Å². The molecule has 0 amide bonds. The molecule has 0 aromatic heterocycles. The van der Waals surface area contributed by atoms with E-state index in [0.717, 1.165) is 26.0 Å². The number of hydrogen-bond acceptors (Lipinski definition) is 3. The molecule has 0 aliphatic heterocycles. The minimum Gasteiger partial charge on any atom is -0.379 e. The van der Waals surface area contributed by atoms with E-state index < -0.39 is 0 Å². The molecule has 1 unspecified atom stereocenters. The van der Waals surface area contributed by atoms with Gasteiger partial charge in [-0.05, 0) is 59.4 Å². The van der Waals surface area contributed by atoms with Crippen LogP contribution in [0, 0.1) is 0 Å². The predicted molar refractivity (Wildman–Crippen MR) is 89.8 cm³/mol. The van der Waals surface area contributed by atoms with E-state index in [4.69, 9.17) is 9.47 Å². The molecule has 3 heteroatoms. The van der Waals surface area contributed by atoms with E-state index in [9.17, 15) is 0 Å². The van der Waals surface area contributed by atoms with Crippen molar-refractivity contribution in [2.24, 2.45) is 0 Å². The molecule has 1 aliphatic rings. The molecule has 0 bridgehead atoms. The van der Waals surface area contributed by atoms with Crippen LogP contribution < -0.4 is 5.32 Å². The standard InChI is InChI=1S/C18H37NO2/c1-6-15-19-16(11-14-17(3,4)20-5)18(21-7-2)12-9-8-10-13-18/h16,19H,6-15H2,1-5H3. The van der Waals surface area contributed by atoms with Gasteiger partial charge in [-0.2, -0.15) is 0 Å². The zero-order chi connectivity index (χ0) is 15.8. The van der Waals surface area contributed by atoms with E-state index in [1.165, 1.54) is 38.5 Å². The first-order valence-electron chi connectivity index (χ1n) is 8.92. The molecule has 1 saturated carbocycles. The van der Waals surface area contributed by atoms with Crippen LogP contribution in [-0.2, 0) is 9.47 Å². The molecule has 1 fully saturated rings. The fourth-order valence-corrected chi connectivity index (χ4v) is 3.49. The molecule has 0 aromatic carbocycles. The SMILES string of the molecule is CCCNC(CCC(C)(C)OC)C1(OCC)CCCCC1. The summed E-state index contributed by atoms with van der Waals surface area (Å²) >= 11 is 0. The first-order chi connectivity index (χ1) is 9.99. The normalized spacial score (nSPS) is 20.4. The number of methoxy groups -OCH3 is 1. The van der Waals surface area contributed by atoms with Gasteiger partial charge in [0, 0.05) is 19.8 Å². The van der Waals surface area contributed by atoms with Crippen LogP contribution in [0.1, 0.15) is 79.1 Å². The van der Waals surface area contributed by atoms with E-state index in [2.05, 4.69) is 33.0 Å². The first kappa shape index (κ1) is 18.9. The lowest BCUT2D eigenvalue weighted by Gasteiger charge is -2.44. The van der Waals surface area contributed by atoms with Gasteiger partial charge in [-0.15, -0.1) is 0 Å². The van der Waals surface area contributed by atoms with E-state index in [0.29, 0.717) is 6.04 Å². The molecule has 0 spiro atoms. The van der Waals surface area contributed by atoms with Crippen LogP contribution in [0.5, 0.6) is 0 Å². The number of nitrogens with one attached hydrogen (secondary N) is 1. The molecule has 0 aromatic rings. The molecule has 3 nitrogen and oxygen atoms in total. The minimum atomic E-state index is -0.0474. The summed E-state index contributed by atoms with van der Waals surface area (Å²) in [7, 11) is 1.81. The smallest absolute Gasteiger partial charge is 0.0834 e. The van der Waals surface area contributed by atoms with Gasteiger partial charge in [0.05, 0.1) is 11.2 Å². The molecule has 1 aliphatic carbocycles. The molecule has 0 saturated heterocycles. The van der Waals surface area contributed by atoms with Crippen molar-refractivity contribution in [3.8, 4) is 0 Å². The van der Waals surface area contributed by atoms with Crippen LogP contribution in [0.25, 0.3) is 0 Å². The number of rotatable bonds is 10. The Labute approximate surface area is 132 Å². The van der Waals surface area contributed by atoms with Gasteiger partial charge in [0.2, 0.25) is 0 Å². The van der Waals surface area contributed by atoms with Crippen LogP contribution in [0.15, 0.2) is 0 Å². The molecule has 0 heterocycles. The second kappa shape index (κ2) is 9.12. The van der Waals surface area contributed by atoms with Gasteiger partial charge in [0.25, 0.3) is 0 Å². The van der Waals surface area contributed by atoms with E-state index >= 15 is 0 Å². The van der Waals surface area contributed by atoms with E-state index in [1.807, 2.05) is 7.11 Å². The Morgan fingerprint density at radius 2 is 1.81 bits per heavy atom. The Bertz CT molecular complexity index is 267. The lowest BCUT2D eigenvalue weighted by molar-refractivity contribution is -0.0959. The number of hydrogen-bond donors (Lipinski definition) is 1. The summed E-state index contributed by atoms with van der Waals surface area (Å²) < 4.78 is 11.9. The highest BCUT2D eigenvalue weighted by Gasteiger charge is 2.40. The average molecular weight is 299 g/mol. The van der Waals surface area contributed by atoms with Crippen LogP contribution >= 0.6 is 0 Å². The Morgan fingerprint density at radius 3 is 2.33 bits per heavy atom. The third kappa shape index (κ3) is 5.88. The lowest BCUT2D eigenvalue weighted by atomic mass is 9.76. The highest BCUT2D eigenvalue weighted by atomic mass is 16.5. The van der Waals surface area contributed by atoms with Crippen molar-refractivity contribution in [1.29, 1.82) is 0 Å². The molecule has 1 atom stereocenters. The van der Waals surface area contributed by atoms with Gasteiger partial charge in [-0.25, -0.2) is 0 Å². The van der Waals surface area contributed by atoms with Gasteiger partial charge in [-0.1, -0.05) is 26.2 Å². The maximum absolute atomic E-state index is 6.33. The Balaban J connectivity index is 2.76. The summed E-state index contributed by atoms with van der Waals surface area (Å²) in [6.07, 6.45) is 9.74. The van der Waals surface area contributed by atoms with Gasteiger partial charge >= 0.3 is 0 Å². The van der Waals surface area contributed by atoms with E-state index in [-0.39, 0.29) is 11.2 Å². The van der Waals surface area contributed by atoms with Gasteiger partial charge < -0.3 is 14.8 Å². The maximum Gasteiger partial charge on any atom is 0.0834 e. The highest BCUT2D eigenvalue weighted by molar-refractivity contribution is 4.96. The van der Waals surface area contributed by atoms with Crippen LogP contribution in [0.4, 0.5) is 0 Å². The molecular weight excluding hydrogens is 262 g/mol. The third-order valence-electron chi connectivity index (χ3n) is 5.00. The predicted octanol–water partition coefficient (Wildman–Crippen LogP) is 4.30. The fourth-order valence-electron chi connectivity index (χ4n) is 3.49. The maximum atomic E-state index is 6.33. The molecule has 1 rings (SSSR count).